The van der Waals surface area contributed by atoms with Crippen molar-refractivity contribution in [2.75, 3.05) is 0 Å². The molecule has 5 rings (SSSR count). The van der Waals surface area contributed by atoms with Crippen molar-refractivity contribution in [3.63, 3.8) is 0 Å². The van der Waals surface area contributed by atoms with E-state index in [2.05, 4.69) is 32.2 Å². The summed E-state index contributed by atoms with van der Waals surface area (Å²) in [6, 6.07) is 21.5. The van der Waals surface area contributed by atoms with Crippen LogP contribution in [0, 0.1) is 10.1 Å². The van der Waals surface area contributed by atoms with E-state index in [-0.39, 0.29) is 17.5 Å². The molecule has 0 amide bonds. The number of benzene rings is 3. The molecule has 2 aromatic heterocycles. The van der Waals surface area contributed by atoms with Crippen molar-refractivity contribution in [3.05, 3.63) is 111 Å². The number of halogens is 1. The minimum Gasteiger partial charge on any atom is -0.407 e. The molecule has 0 fully saturated rings. The lowest BCUT2D eigenvalue weighted by Crippen LogP contribution is -2.19. The van der Waals surface area contributed by atoms with Crippen LogP contribution in [0.25, 0.3) is 22.5 Å². The zero-order chi connectivity index (χ0) is 33.3. The van der Waals surface area contributed by atoms with Crippen LogP contribution in [0.5, 0.6) is 5.75 Å². The highest BCUT2D eigenvalue weighted by Gasteiger charge is 2.20. The Labute approximate surface area is 274 Å². The van der Waals surface area contributed by atoms with E-state index in [4.69, 9.17) is 21.1 Å². The summed E-state index contributed by atoms with van der Waals surface area (Å²) in [7, 11) is 0. The van der Waals surface area contributed by atoms with Crippen molar-refractivity contribution >= 4 is 24.0 Å². The number of ether oxygens (including phenoxy) is 2. The fourth-order valence-corrected chi connectivity index (χ4v) is 5.06. The number of hydrogen-bond acceptors (Lipinski definition) is 11. The van der Waals surface area contributed by atoms with Gasteiger partial charge < -0.3 is 18.9 Å². The summed E-state index contributed by atoms with van der Waals surface area (Å²) in [6.45, 7) is 3.80. The van der Waals surface area contributed by atoms with Crippen LogP contribution in [-0.2, 0) is 29.1 Å². The molecule has 0 aliphatic carbocycles. The molecule has 3 aromatic carbocycles. The maximum atomic E-state index is 12.4. The van der Waals surface area contributed by atoms with Gasteiger partial charge in [0.05, 0.1) is 0 Å². The molecule has 0 saturated carbocycles. The van der Waals surface area contributed by atoms with Crippen LogP contribution in [0.4, 0.5) is 4.79 Å². The number of carbonyl (C=O) groups is 2. The van der Waals surface area contributed by atoms with E-state index in [1.54, 1.807) is 19.1 Å². The molecular formula is C32H30ClN7O7. The smallest absolute Gasteiger partial charge is 0.407 e. The summed E-state index contributed by atoms with van der Waals surface area (Å²) in [5, 5.41) is 22.4. The van der Waals surface area contributed by atoms with Gasteiger partial charge in [0.25, 0.3) is 5.09 Å². The molecule has 14 nitrogen and oxygen atoms in total. The Morgan fingerprint density at radius 1 is 1.06 bits per heavy atom. The quantitative estimate of drug-likeness (QED) is 0.0419. The van der Waals surface area contributed by atoms with E-state index in [1.807, 2.05) is 53.1 Å². The summed E-state index contributed by atoms with van der Waals surface area (Å²) in [5.74, 6) is 1.22. The molecule has 0 N–H and O–H groups in total. The maximum absolute atomic E-state index is 12.4. The minimum absolute atomic E-state index is 0.119. The number of carbonyl (C=O) groups excluding carboxylic acids is 2. The monoisotopic (exact) mass is 659 g/mol. The number of imidazole rings is 1. The third-order valence-electron chi connectivity index (χ3n) is 7.14. The van der Waals surface area contributed by atoms with Gasteiger partial charge in [-0.1, -0.05) is 85.6 Å². The Morgan fingerprint density at radius 3 is 2.55 bits per heavy atom. The van der Waals surface area contributed by atoms with E-state index in [0.29, 0.717) is 29.2 Å². The van der Waals surface area contributed by atoms with Gasteiger partial charge in [0, 0.05) is 18.5 Å². The Morgan fingerprint density at radius 2 is 1.83 bits per heavy atom. The number of nitrogens with zero attached hydrogens (tertiary/aromatic N) is 7. The molecule has 0 bridgehead atoms. The highest BCUT2D eigenvalue weighted by Crippen LogP contribution is 2.31. The normalized spacial score (nSPS) is 11.6. The van der Waals surface area contributed by atoms with Gasteiger partial charge in [0.15, 0.2) is 11.4 Å². The number of unbranched alkanes of at least 4 members (excludes halogenated alkanes) is 1. The number of aromatic nitrogens is 6. The maximum Gasteiger partial charge on any atom is 0.515 e. The van der Waals surface area contributed by atoms with Gasteiger partial charge in [0.2, 0.25) is 12.1 Å². The second kappa shape index (κ2) is 15.1. The third-order valence-corrected chi connectivity index (χ3v) is 7.41. The van der Waals surface area contributed by atoms with E-state index in [9.17, 15) is 19.7 Å². The molecule has 2 heterocycles. The fourth-order valence-electron chi connectivity index (χ4n) is 4.82. The molecular weight excluding hydrogens is 630 g/mol. The van der Waals surface area contributed by atoms with Gasteiger partial charge in [-0.3, -0.25) is 4.79 Å². The zero-order valence-electron chi connectivity index (χ0n) is 25.5. The van der Waals surface area contributed by atoms with Crippen molar-refractivity contribution in [2.24, 2.45) is 0 Å². The van der Waals surface area contributed by atoms with Crippen molar-refractivity contribution in [1.82, 2.24) is 29.8 Å². The summed E-state index contributed by atoms with van der Waals surface area (Å²) >= 11 is 6.24. The van der Waals surface area contributed by atoms with E-state index in [0.717, 1.165) is 52.9 Å². The molecule has 0 aliphatic rings. The van der Waals surface area contributed by atoms with Crippen LogP contribution in [0.15, 0.2) is 72.8 Å². The van der Waals surface area contributed by atoms with E-state index in [1.165, 1.54) is 12.1 Å². The first kappa shape index (κ1) is 32.8. The Hall–Kier alpha value is -5.63. The number of aldehydes is 1. The van der Waals surface area contributed by atoms with E-state index < -0.39 is 17.5 Å². The first-order valence-electron chi connectivity index (χ1n) is 14.7. The molecule has 0 saturated heterocycles. The average Bonchev–Trinajstić information content (AvgIpc) is 3.68. The fraction of sp³-hybridized carbons (Fsp3) is 0.250. The minimum atomic E-state index is -1.03. The Bertz CT molecular complexity index is 1870. The van der Waals surface area contributed by atoms with Crippen molar-refractivity contribution in [3.8, 4) is 28.3 Å². The Kier molecular flexibility index (Phi) is 10.5. The Balaban J connectivity index is 1.27. The summed E-state index contributed by atoms with van der Waals surface area (Å²) in [6.07, 6.45) is 1.41. The first-order valence-corrected chi connectivity index (χ1v) is 15.1. The highest BCUT2D eigenvalue weighted by molar-refractivity contribution is 6.31. The van der Waals surface area contributed by atoms with Crippen LogP contribution >= 0.6 is 11.6 Å². The van der Waals surface area contributed by atoms with Crippen LogP contribution in [0.1, 0.15) is 60.4 Å². The number of tetrazole rings is 1. The number of rotatable bonds is 14. The molecule has 1 atom stereocenters. The van der Waals surface area contributed by atoms with Gasteiger partial charge in [-0.25, -0.2) is 9.78 Å². The van der Waals surface area contributed by atoms with Crippen LogP contribution in [-0.4, -0.2) is 47.3 Å². The average molecular weight is 660 g/mol. The van der Waals surface area contributed by atoms with Gasteiger partial charge in [0.1, 0.15) is 23.9 Å². The first-order chi connectivity index (χ1) is 22.7. The number of aryl methyl sites for hydroxylation is 1. The molecule has 0 aliphatic heterocycles. The summed E-state index contributed by atoms with van der Waals surface area (Å²) in [4.78, 5) is 44.5. The molecule has 0 spiro atoms. The lowest BCUT2D eigenvalue weighted by molar-refractivity contribution is -0.763. The van der Waals surface area contributed by atoms with Crippen molar-refractivity contribution in [1.29, 1.82) is 0 Å². The standard InChI is InChI=1S/C32H30ClN7O7/c1-3-4-12-29-34-30(33)28(19-41)38(29)18-22-13-15-24(16-14-22)26-10-5-6-11-27(26)31-35-37-39(36-31)21(2)46-32(42)47-25-9-7-8-23(17-25)20-45-40(43)44/h5-11,13-17,19,21H,3-4,12,18,20H2,1-2H3. The number of hydrogen-bond donors (Lipinski definition) is 0. The molecule has 0 radical (unpaired) electrons. The van der Waals surface area contributed by atoms with Crippen LogP contribution < -0.4 is 4.74 Å². The molecule has 242 valence electrons. The third kappa shape index (κ3) is 8.16. The predicted molar refractivity (Wildman–Crippen MR) is 169 cm³/mol. The SMILES string of the molecule is CCCCc1nc(Cl)c(C=O)n1Cc1ccc(-c2ccccc2-c2nnn(C(C)OC(=O)Oc3cccc(CO[N+](=O)[O-])c3)n2)cc1. The molecule has 1 unspecified atom stereocenters. The van der Waals surface area contributed by atoms with Crippen LogP contribution in [0.3, 0.4) is 0 Å². The van der Waals surface area contributed by atoms with Crippen molar-refractivity contribution in [2.45, 2.75) is 52.5 Å². The summed E-state index contributed by atoms with van der Waals surface area (Å²) < 4.78 is 12.4. The zero-order valence-corrected chi connectivity index (χ0v) is 26.2. The lowest BCUT2D eigenvalue weighted by Gasteiger charge is -2.12. The van der Waals surface area contributed by atoms with Crippen LogP contribution in [0.2, 0.25) is 5.15 Å². The molecule has 15 heteroatoms. The highest BCUT2D eigenvalue weighted by atomic mass is 35.5. The largest absolute Gasteiger partial charge is 0.515 e. The second-order valence-electron chi connectivity index (χ2n) is 10.4. The molecule has 5 aromatic rings. The molecule has 47 heavy (non-hydrogen) atoms. The van der Waals surface area contributed by atoms with E-state index >= 15 is 0 Å². The van der Waals surface area contributed by atoms with Gasteiger partial charge in [-0.2, -0.15) is 0 Å². The van der Waals surface area contributed by atoms with Gasteiger partial charge >= 0.3 is 6.16 Å². The lowest BCUT2D eigenvalue weighted by atomic mass is 9.98. The topological polar surface area (TPSA) is 166 Å². The summed E-state index contributed by atoms with van der Waals surface area (Å²) in [5.41, 5.74) is 4.24. The van der Waals surface area contributed by atoms with Crippen molar-refractivity contribution < 1.29 is 29.0 Å². The predicted octanol–water partition coefficient (Wildman–Crippen LogP) is 6.50. The second-order valence-corrected chi connectivity index (χ2v) is 10.8. The van der Waals surface area contributed by atoms with Gasteiger partial charge in [-0.05, 0) is 52.9 Å². The van der Waals surface area contributed by atoms with Gasteiger partial charge in [-0.15, -0.1) is 25.1 Å².